The van der Waals surface area contributed by atoms with E-state index >= 15 is 0 Å². The molecule has 0 radical (unpaired) electrons. The van der Waals surface area contributed by atoms with Gasteiger partial charge in [-0.2, -0.15) is 0 Å². The average molecular weight is 1680 g/mol. The van der Waals surface area contributed by atoms with Gasteiger partial charge in [0, 0.05) is 38.8 Å². The van der Waals surface area contributed by atoms with E-state index in [0.717, 1.165) is 106 Å². The minimum Gasteiger partial charge on any atom is -0.238 e. The standard InChI is InChI=1S/C63H43N3.C62H38N4/c1-38-15-7-8-18-45(38)42-27-25-41-36-43(28-26-40(41)35-42)46-31-32-52-47-19-9-10-20-48(47)53-33-34-54(58(46)59(52)53)49-21-11-12-23-55(49)62-65-60(39-16-5-4-6-17-39)64-61(66-62)44-29-30-51-50-22-13-14-24-56(50)63(2,3)57(51)37-44;1-63-57-26-13-12-21-48(57)46-19-14-20-47(39-46)49-35-36-53-50-22-8-9-23-51(50)54-37-38-55(58(49)59(53)54)52-24-10-11-25-56(52)62-65-60(44-31-27-42(28-32-44)40-15-4-2-5-16-40)64-61(66-62)45-33-29-43(30-34-45)41-17-6-3-7-18-41/h4-37H,1-3H3;2-39H. The van der Waals surface area contributed by atoms with E-state index in [9.17, 15) is 0 Å². The highest BCUT2D eigenvalue weighted by atomic mass is 15.0. The van der Waals surface area contributed by atoms with Crippen LogP contribution in [0.1, 0.15) is 30.5 Å². The lowest BCUT2D eigenvalue weighted by Gasteiger charge is -2.22. The second kappa shape index (κ2) is 32.2. The quantitative estimate of drug-likeness (QED) is 0.101. The van der Waals surface area contributed by atoms with E-state index in [1.54, 1.807) is 0 Å². The monoisotopic (exact) mass is 1680 g/mol. The second-order valence-electron chi connectivity index (χ2n) is 34.9. The number of aromatic nitrogens is 6. The highest BCUT2D eigenvalue weighted by Gasteiger charge is 2.37. The van der Waals surface area contributed by atoms with Crippen molar-refractivity contribution in [3.8, 4) is 213 Å². The number of hydrogen-bond donors (Lipinski definition) is 0. The smallest absolute Gasteiger partial charge is 0.194 e. The Bertz CT molecular complexity index is 8320. The third-order valence-corrected chi connectivity index (χ3v) is 27.0. The fourth-order valence-corrected chi connectivity index (χ4v) is 20.5. The number of benzene rings is 20. The first kappa shape index (κ1) is 78.2. The Morgan fingerprint density at radius 1 is 0.182 bits per heavy atom. The van der Waals surface area contributed by atoms with Gasteiger partial charge >= 0.3 is 0 Å². The zero-order valence-corrected chi connectivity index (χ0v) is 72.7. The van der Waals surface area contributed by atoms with E-state index in [1.807, 2.05) is 54.6 Å². The van der Waals surface area contributed by atoms with E-state index < -0.39 is 0 Å². The zero-order valence-electron chi connectivity index (χ0n) is 72.7. The fourth-order valence-electron chi connectivity index (χ4n) is 20.5. The lowest BCUT2D eigenvalue weighted by Crippen LogP contribution is -2.15. The maximum atomic E-state index is 7.91. The van der Waals surface area contributed by atoms with Crippen LogP contribution in [0.4, 0.5) is 5.69 Å². The molecule has 0 amide bonds. The first-order valence-corrected chi connectivity index (χ1v) is 45.0. The predicted molar refractivity (Wildman–Crippen MR) is 546 cm³/mol. The van der Waals surface area contributed by atoms with Gasteiger partial charge in [0.05, 0.1) is 6.57 Å². The molecule has 0 bridgehead atoms. The van der Waals surface area contributed by atoms with Crippen LogP contribution >= 0.6 is 0 Å². The summed E-state index contributed by atoms with van der Waals surface area (Å²) in [5, 5.41) is 7.32. The molecule has 7 heteroatoms. The Labute approximate surface area is 766 Å². The molecule has 3 aliphatic rings. The Morgan fingerprint density at radius 2 is 0.455 bits per heavy atom. The van der Waals surface area contributed by atoms with Crippen molar-refractivity contribution in [1.29, 1.82) is 0 Å². The molecule has 25 rings (SSSR count). The van der Waals surface area contributed by atoms with Gasteiger partial charge in [-0.15, -0.1) is 0 Å². The molecule has 2 aromatic heterocycles. The van der Waals surface area contributed by atoms with Gasteiger partial charge in [0.1, 0.15) is 0 Å². The molecule has 0 spiro atoms. The van der Waals surface area contributed by atoms with Gasteiger partial charge in [0.15, 0.2) is 40.6 Å². The van der Waals surface area contributed by atoms with Crippen LogP contribution in [-0.2, 0) is 5.41 Å². The number of rotatable bonds is 14. The second-order valence-corrected chi connectivity index (χ2v) is 34.9. The van der Waals surface area contributed by atoms with Gasteiger partial charge in [-0.25, -0.2) is 34.7 Å². The maximum Gasteiger partial charge on any atom is 0.194 e. The highest BCUT2D eigenvalue weighted by molar-refractivity contribution is 6.25. The van der Waals surface area contributed by atoms with Gasteiger partial charge in [0.25, 0.3) is 0 Å². The Balaban J connectivity index is 0.000000146. The van der Waals surface area contributed by atoms with Crippen LogP contribution in [0.15, 0.2) is 437 Å². The fraction of sp³-hybridized carbons (Fsp3) is 0.0320. The molecule has 20 aromatic carbocycles. The normalized spacial score (nSPS) is 12.1. The summed E-state index contributed by atoms with van der Waals surface area (Å²) in [6.07, 6.45) is 0. The maximum absolute atomic E-state index is 7.91. The summed E-state index contributed by atoms with van der Waals surface area (Å²) in [4.78, 5) is 35.6. The molecule has 0 unspecified atom stereocenters. The number of nitrogens with zero attached hydrogens (tertiary/aromatic N) is 7. The summed E-state index contributed by atoms with van der Waals surface area (Å²) in [5.41, 5.74) is 40.4. The molecule has 0 saturated heterocycles. The molecule has 2 heterocycles. The summed E-state index contributed by atoms with van der Waals surface area (Å²) in [6.45, 7) is 14.7. The Morgan fingerprint density at radius 3 is 0.902 bits per heavy atom. The van der Waals surface area contributed by atoms with E-state index in [-0.39, 0.29) is 5.41 Å². The van der Waals surface area contributed by atoms with Gasteiger partial charge < -0.3 is 0 Å². The average Bonchev–Trinajstić information content (AvgIpc) is 1.55. The largest absolute Gasteiger partial charge is 0.238 e. The molecule has 0 saturated carbocycles. The number of para-hydroxylation sites is 1. The van der Waals surface area contributed by atoms with Gasteiger partial charge in [-0.3, -0.25) is 0 Å². The van der Waals surface area contributed by atoms with Crippen LogP contribution in [0.3, 0.4) is 0 Å². The summed E-state index contributed by atoms with van der Waals surface area (Å²) in [6, 6.07) is 156. The minimum atomic E-state index is -0.158. The van der Waals surface area contributed by atoms with Crippen LogP contribution in [0.2, 0.25) is 0 Å². The molecule has 0 N–H and O–H groups in total. The molecule has 0 fully saturated rings. The van der Waals surface area contributed by atoms with E-state index in [2.05, 4.69) is 408 Å². The topological polar surface area (TPSA) is 81.7 Å². The van der Waals surface area contributed by atoms with Crippen molar-refractivity contribution in [2.24, 2.45) is 0 Å². The third kappa shape index (κ3) is 13.5. The van der Waals surface area contributed by atoms with Crippen LogP contribution < -0.4 is 0 Å². The van der Waals surface area contributed by atoms with E-state index in [4.69, 9.17) is 36.5 Å². The third-order valence-electron chi connectivity index (χ3n) is 27.0. The van der Waals surface area contributed by atoms with E-state index in [1.165, 1.54) is 122 Å². The van der Waals surface area contributed by atoms with Crippen molar-refractivity contribution in [3.63, 3.8) is 0 Å². The minimum absolute atomic E-state index is 0.158. The van der Waals surface area contributed by atoms with Gasteiger partial charge in [-0.05, 0) is 225 Å². The molecule has 22 aromatic rings. The molecule has 616 valence electrons. The molecular formula is C125H81N7. The van der Waals surface area contributed by atoms with Crippen LogP contribution in [0, 0.1) is 13.5 Å². The highest BCUT2D eigenvalue weighted by Crippen LogP contribution is 2.57. The first-order chi connectivity index (χ1) is 65.1. The summed E-state index contributed by atoms with van der Waals surface area (Å²) in [7, 11) is 0. The molecule has 7 nitrogen and oxygen atoms in total. The molecule has 0 aliphatic heterocycles. The zero-order chi connectivity index (χ0) is 88.1. The van der Waals surface area contributed by atoms with Crippen molar-refractivity contribution in [1.82, 2.24) is 29.9 Å². The molecule has 3 aliphatic carbocycles. The van der Waals surface area contributed by atoms with Crippen molar-refractivity contribution in [2.45, 2.75) is 26.2 Å². The number of fused-ring (bicyclic) bond motifs is 10. The van der Waals surface area contributed by atoms with Crippen LogP contribution in [-0.4, -0.2) is 29.9 Å². The van der Waals surface area contributed by atoms with Crippen molar-refractivity contribution < 1.29 is 0 Å². The summed E-state index contributed by atoms with van der Waals surface area (Å²) in [5.74, 6) is 3.74. The van der Waals surface area contributed by atoms with Crippen molar-refractivity contribution in [2.75, 3.05) is 0 Å². The first-order valence-electron chi connectivity index (χ1n) is 45.0. The lowest BCUT2D eigenvalue weighted by atomic mass is 9.82. The lowest BCUT2D eigenvalue weighted by molar-refractivity contribution is 0.660. The predicted octanol–water partition coefficient (Wildman–Crippen LogP) is 33.0. The van der Waals surface area contributed by atoms with Crippen molar-refractivity contribution in [3.05, 3.63) is 465 Å². The van der Waals surface area contributed by atoms with Gasteiger partial charge in [0.2, 0.25) is 0 Å². The Hall–Kier alpha value is -17.3. The van der Waals surface area contributed by atoms with Crippen LogP contribution in [0.25, 0.3) is 250 Å². The number of aryl methyl sites for hydroxylation is 1. The number of hydrogen-bond acceptors (Lipinski definition) is 6. The van der Waals surface area contributed by atoms with E-state index in [0.29, 0.717) is 40.6 Å². The van der Waals surface area contributed by atoms with Crippen molar-refractivity contribution >= 4 is 38.0 Å². The Kier molecular flexibility index (Phi) is 19.1. The SMILES string of the molecule is Cc1ccccc1-c1ccc2cc(-c3ccc4c5c(ccc(-c6ccccc6-c6nc(-c7ccccc7)nc(-c7ccc8c(c7)C(C)(C)c7ccccc7-8)n6)c35)-c3ccccc3-4)ccc2c1.[C-]#[N+]c1ccccc1-c1cccc(-c2ccc3c4c(ccc(-c5ccccc5-c5nc(-c6ccc(-c7ccccc7)cc6)nc(-c6ccc(-c7ccccc7)cc6)n5)c24)-c2ccccc2-3)c1. The molecule has 0 atom stereocenters. The van der Waals surface area contributed by atoms with Crippen LogP contribution in [0.5, 0.6) is 0 Å². The molecular weight excluding hydrogens is 1600 g/mol. The summed E-state index contributed by atoms with van der Waals surface area (Å²) >= 11 is 0. The molecule has 132 heavy (non-hydrogen) atoms. The summed E-state index contributed by atoms with van der Waals surface area (Å²) < 4.78 is 0. The van der Waals surface area contributed by atoms with Gasteiger partial charge in [-0.1, -0.05) is 426 Å².